The van der Waals surface area contributed by atoms with E-state index in [-0.39, 0.29) is 0 Å². The monoisotopic (exact) mass is 324 g/mol. The van der Waals surface area contributed by atoms with Crippen molar-refractivity contribution in [3.8, 4) is 0 Å². The molecule has 0 aliphatic heterocycles. The van der Waals surface area contributed by atoms with Gasteiger partial charge in [-0.25, -0.2) is 9.67 Å². The molecule has 1 aromatic carbocycles. The third-order valence-corrected chi connectivity index (χ3v) is 4.67. The second kappa shape index (κ2) is 4.80. The van der Waals surface area contributed by atoms with Gasteiger partial charge in [-0.2, -0.15) is 5.10 Å². The Bertz CT molecular complexity index is 1030. The second-order valence-corrected chi connectivity index (χ2v) is 6.35. The van der Waals surface area contributed by atoms with Gasteiger partial charge in [-0.1, -0.05) is 28.9 Å². The van der Waals surface area contributed by atoms with Crippen LogP contribution in [0.4, 0.5) is 0 Å². The molecule has 0 unspecified atom stereocenters. The first-order valence-corrected chi connectivity index (χ1v) is 8.04. The summed E-state index contributed by atoms with van der Waals surface area (Å²) in [5, 5.41) is 11.5. The molecule has 1 aliphatic rings. The number of aryl methyl sites for hydroxylation is 2. The standard InChI is InChI=1S/C17H13ClN4O/c18-11-6-4-10(5-7-11)9-22-17-12(8-19-22)16-15-13(20-17)2-1-3-14(15)21-23-16/h4-8H,1-3,9H2. The topological polar surface area (TPSA) is 56.7 Å². The summed E-state index contributed by atoms with van der Waals surface area (Å²) >= 11 is 5.95. The SMILES string of the molecule is Clc1ccc(Cn2ncc3c4onc5c4c(nc32)CCC5)cc1. The molecule has 0 radical (unpaired) electrons. The molecule has 3 heterocycles. The minimum absolute atomic E-state index is 0.652. The molecule has 3 aromatic heterocycles. The Labute approximate surface area is 136 Å². The number of benzene rings is 1. The van der Waals surface area contributed by atoms with Gasteiger partial charge in [0.15, 0.2) is 11.2 Å². The fourth-order valence-electron chi connectivity index (χ4n) is 3.30. The van der Waals surface area contributed by atoms with Gasteiger partial charge < -0.3 is 4.52 Å². The quantitative estimate of drug-likeness (QED) is 0.563. The number of hydrogen-bond donors (Lipinski definition) is 0. The first-order valence-electron chi connectivity index (χ1n) is 7.67. The molecule has 23 heavy (non-hydrogen) atoms. The summed E-state index contributed by atoms with van der Waals surface area (Å²) in [6.45, 7) is 0.652. The van der Waals surface area contributed by atoms with E-state index in [0.29, 0.717) is 6.54 Å². The van der Waals surface area contributed by atoms with Crippen molar-refractivity contribution < 1.29 is 4.52 Å². The molecular weight excluding hydrogens is 312 g/mol. The van der Waals surface area contributed by atoms with Crippen molar-refractivity contribution >= 4 is 33.6 Å². The maximum atomic E-state index is 5.95. The molecule has 114 valence electrons. The molecule has 0 atom stereocenters. The van der Waals surface area contributed by atoms with E-state index in [1.807, 2.05) is 35.1 Å². The van der Waals surface area contributed by atoms with E-state index in [1.165, 1.54) is 0 Å². The molecule has 0 N–H and O–H groups in total. The molecule has 5 nitrogen and oxygen atoms in total. The Morgan fingerprint density at radius 2 is 1.96 bits per heavy atom. The normalized spacial score (nSPS) is 14.0. The maximum Gasteiger partial charge on any atom is 0.181 e. The average Bonchev–Trinajstić information content (AvgIpc) is 3.16. The highest BCUT2D eigenvalue weighted by molar-refractivity contribution is 6.30. The molecule has 0 spiro atoms. The zero-order chi connectivity index (χ0) is 15.4. The van der Waals surface area contributed by atoms with Gasteiger partial charge in [-0.15, -0.1) is 0 Å². The predicted octanol–water partition coefficient (Wildman–Crippen LogP) is 3.76. The van der Waals surface area contributed by atoms with Crippen molar-refractivity contribution in [3.63, 3.8) is 0 Å². The van der Waals surface area contributed by atoms with Crippen molar-refractivity contribution in [3.05, 3.63) is 52.4 Å². The highest BCUT2D eigenvalue weighted by Gasteiger charge is 2.23. The Morgan fingerprint density at radius 3 is 2.83 bits per heavy atom. The van der Waals surface area contributed by atoms with Gasteiger partial charge in [0.2, 0.25) is 0 Å². The van der Waals surface area contributed by atoms with Crippen molar-refractivity contribution in [2.24, 2.45) is 0 Å². The van der Waals surface area contributed by atoms with Crippen LogP contribution < -0.4 is 0 Å². The molecule has 1 aliphatic carbocycles. The minimum Gasteiger partial charge on any atom is -0.355 e. The van der Waals surface area contributed by atoms with Gasteiger partial charge in [0, 0.05) is 5.02 Å². The summed E-state index contributed by atoms with van der Waals surface area (Å²) in [6.07, 6.45) is 4.82. The van der Waals surface area contributed by atoms with Crippen LogP contribution in [0.15, 0.2) is 35.0 Å². The maximum absolute atomic E-state index is 5.95. The lowest BCUT2D eigenvalue weighted by molar-refractivity contribution is 0.447. The van der Waals surface area contributed by atoms with Crippen LogP contribution in [0.2, 0.25) is 5.02 Å². The summed E-state index contributed by atoms with van der Waals surface area (Å²) in [5.74, 6) is 0. The Kier molecular flexibility index (Phi) is 2.73. The number of nitrogens with zero attached hydrogens (tertiary/aromatic N) is 4. The van der Waals surface area contributed by atoms with Crippen LogP contribution in [0.3, 0.4) is 0 Å². The predicted molar refractivity (Wildman–Crippen MR) is 87.7 cm³/mol. The van der Waals surface area contributed by atoms with E-state index in [1.54, 1.807) is 0 Å². The van der Waals surface area contributed by atoms with E-state index >= 15 is 0 Å². The van der Waals surface area contributed by atoms with Crippen LogP contribution in [0, 0.1) is 0 Å². The Morgan fingerprint density at radius 1 is 1.13 bits per heavy atom. The summed E-state index contributed by atoms with van der Waals surface area (Å²) in [6, 6.07) is 7.79. The van der Waals surface area contributed by atoms with Crippen molar-refractivity contribution in [1.29, 1.82) is 0 Å². The lowest BCUT2D eigenvalue weighted by Crippen LogP contribution is -2.06. The number of halogens is 1. The van der Waals surface area contributed by atoms with E-state index in [4.69, 9.17) is 21.1 Å². The van der Waals surface area contributed by atoms with Gasteiger partial charge >= 0.3 is 0 Å². The fourth-order valence-corrected chi connectivity index (χ4v) is 3.42. The second-order valence-electron chi connectivity index (χ2n) is 5.91. The number of fused-ring (bicyclic) bond motifs is 2. The van der Waals surface area contributed by atoms with E-state index in [2.05, 4.69) is 10.3 Å². The zero-order valence-electron chi connectivity index (χ0n) is 12.3. The first-order chi connectivity index (χ1) is 11.3. The summed E-state index contributed by atoms with van der Waals surface area (Å²) in [5.41, 5.74) is 4.91. The molecule has 0 bridgehead atoms. The van der Waals surface area contributed by atoms with Crippen molar-refractivity contribution in [2.75, 3.05) is 0 Å². The molecular formula is C17H13ClN4O. The van der Waals surface area contributed by atoms with Crippen LogP contribution in [-0.4, -0.2) is 19.9 Å². The lowest BCUT2D eigenvalue weighted by Gasteiger charge is -2.10. The molecule has 0 fully saturated rings. The number of aromatic nitrogens is 4. The molecule has 4 aromatic rings. The van der Waals surface area contributed by atoms with Crippen molar-refractivity contribution in [1.82, 2.24) is 19.9 Å². The summed E-state index contributed by atoms with van der Waals surface area (Å²) in [7, 11) is 0. The zero-order valence-corrected chi connectivity index (χ0v) is 13.0. The van der Waals surface area contributed by atoms with E-state index in [0.717, 1.165) is 63.2 Å². The van der Waals surface area contributed by atoms with E-state index in [9.17, 15) is 0 Å². The molecule has 0 amide bonds. The summed E-state index contributed by atoms with van der Waals surface area (Å²) in [4.78, 5) is 4.85. The van der Waals surface area contributed by atoms with Crippen LogP contribution >= 0.6 is 11.6 Å². The number of pyridine rings is 1. The first kappa shape index (κ1) is 13.1. The Hall–Kier alpha value is -2.40. The fraction of sp³-hybridized carbons (Fsp3) is 0.235. The highest BCUT2D eigenvalue weighted by atomic mass is 35.5. The lowest BCUT2D eigenvalue weighted by atomic mass is 9.99. The van der Waals surface area contributed by atoms with Gasteiger partial charge in [0.1, 0.15) is 0 Å². The van der Waals surface area contributed by atoms with Crippen LogP contribution in [0.1, 0.15) is 23.4 Å². The molecule has 6 heteroatoms. The molecule has 0 saturated heterocycles. The number of hydrogen-bond acceptors (Lipinski definition) is 4. The smallest absolute Gasteiger partial charge is 0.181 e. The third-order valence-electron chi connectivity index (χ3n) is 4.42. The van der Waals surface area contributed by atoms with Crippen LogP contribution in [-0.2, 0) is 19.4 Å². The average molecular weight is 325 g/mol. The Balaban J connectivity index is 1.68. The van der Waals surface area contributed by atoms with Gasteiger partial charge in [-0.3, -0.25) is 0 Å². The van der Waals surface area contributed by atoms with Gasteiger partial charge in [0.25, 0.3) is 0 Å². The minimum atomic E-state index is 0.652. The van der Waals surface area contributed by atoms with Gasteiger partial charge in [-0.05, 0) is 37.0 Å². The van der Waals surface area contributed by atoms with E-state index < -0.39 is 0 Å². The van der Waals surface area contributed by atoms with Crippen LogP contribution in [0.25, 0.3) is 22.0 Å². The molecule has 0 saturated carbocycles. The highest BCUT2D eigenvalue weighted by Crippen LogP contribution is 2.33. The van der Waals surface area contributed by atoms with Gasteiger partial charge in [0.05, 0.1) is 34.9 Å². The molecule has 5 rings (SSSR count). The summed E-state index contributed by atoms with van der Waals surface area (Å²) < 4.78 is 7.50. The third kappa shape index (κ3) is 1.96. The number of rotatable bonds is 2. The van der Waals surface area contributed by atoms with Crippen LogP contribution in [0.5, 0.6) is 0 Å². The largest absolute Gasteiger partial charge is 0.355 e. The van der Waals surface area contributed by atoms with Crippen molar-refractivity contribution in [2.45, 2.75) is 25.8 Å².